The first-order chi connectivity index (χ1) is 5.42. The predicted molar refractivity (Wildman–Crippen MR) is 46.3 cm³/mol. The third kappa shape index (κ3) is 1.29. The molecule has 0 radical (unpaired) electrons. The van der Waals surface area contributed by atoms with Crippen molar-refractivity contribution in [2.75, 3.05) is 0 Å². The standard InChI is InChI=1S/C10H13N/c11-7-9-3-1-2-4-10(9)8-5-6-8/h1-4,8H,5-7,11H2. The topological polar surface area (TPSA) is 26.0 Å². The van der Waals surface area contributed by atoms with Crippen molar-refractivity contribution in [1.29, 1.82) is 0 Å². The Morgan fingerprint density at radius 2 is 2.00 bits per heavy atom. The van der Waals surface area contributed by atoms with Crippen LogP contribution in [0, 0.1) is 0 Å². The molecule has 2 N–H and O–H groups in total. The molecule has 1 aliphatic carbocycles. The Bertz CT molecular complexity index is 251. The lowest BCUT2D eigenvalue weighted by Gasteiger charge is -2.04. The van der Waals surface area contributed by atoms with E-state index < -0.39 is 0 Å². The van der Waals surface area contributed by atoms with Crippen LogP contribution in [0.5, 0.6) is 0 Å². The van der Waals surface area contributed by atoms with Crippen LogP contribution in [0.15, 0.2) is 24.3 Å². The predicted octanol–water partition coefficient (Wildman–Crippen LogP) is 2.02. The molecule has 0 bridgehead atoms. The van der Waals surface area contributed by atoms with Gasteiger partial charge in [-0.1, -0.05) is 24.3 Å². The van der Waals surface area contributed by atoms with E-state index in [1.54, 1.807) is 0 Å². The average molecular weight is 147 g/mol. The Kier molecular flexibility index (Phi) is 1.66. The number of hydrogen-bond donors (Lipinski definition) is 1. The second-order valence-electron chi connectivity index (χ2n) is 3.18. The number of hydrogen-bond acceptors (Lipinski definition) is 1. The quantitative estimate of drug-likeness (QED) is 0.680. The van der Waals surface area contributed by atoms with Gasteiger partial charge in [-0.25, -0.2) is 0 Å². The Morgan fingerprint density at radius 3 is 2.64 bits per heavy atom. The molecule has 58 valence electrons. The van der Waals surface area contributed by atoms with Gasteiger partial charge in [-0.15, -0.1) is 0 Å². The van der Waals surface area contributed by atoms with E-state index in [0.717, 1.165) is 5.92 Å². The number of benzene rings is 1. The fraction of sp³-hybridized carbons (Fsp3) is 0.400. The van der Waals surface area contributed by atoms with E-state index in [9.17, 15) is 0 Å². The van der Waals surface area contributed by atoms with Gasteiger partial charge in [-0.3, -0.25) is 0 Å². The van der Waals surface area contributed by atoms with Crippen molar-refractivity contribution in [2.45, 2.75) is 25.3 Å². The van der Waals surface area contributed by atoms with Crippen molar-refractivity contribution < 1.29 is 0 Å². The molecule has 0 saturated heterocycles. The molecule has 0 atom stereocenters. The lowest BCUT2D eigenvalue weighted by atomic mass is 10.0. The molecule has 1 aromatic carbocycles. The lowest BCUT2D eigenvalue weighted by molar-refractivity contribution is 0.997. The van der Waals surface area contributed by atoms with Crippen molar-refractivity contribution in [3.05, 3.63) is 35.4 Å². The zero-order valence-electron chi connectivity index (χ0n) is 6.59. The highest BCUT2D eigenvalue weighted by atomic mass is 14.5. The third-order valence-corrected chi connectivity index (χ3v) is 2.29. The molecular weight excluding hydrogens is 134 g/mol. The van der Waals surface area contributed by atoms with E-state index in [4.69, 9.17) is 5.73 Å². The zero-order chi connectivity index (χ0) is 7.68. The van der Waals surface area contributed by atoms with E-state index >= 15 is 0 Å². The van der Waals surface area contributed by atoms with Crippen LogP contribution >= 0.6 is 0 Å². The minimum absolute atomic E-state index is 0.687. The van der Waals surface area contributed by atoms with Gasteiger partial charge in [0.2, 0.25) is 0 Å². The van der Waals surface area contributed by atoms with Gasteiger partial charge in [0.25, 0.3) is 0 Å². The molecular formula is C10H13N. The highest BCUT2D eigenvalue weighted by molar-refractivity contribution is 5.32. The molecule has 2 rings (SSSR count). The minimum Gasteiger partial charge on any atom is -0.326 e. The van der Waals surface area contributed by atoms with Crippen molar-refractivity contribution in [2.24, 2.45) is 5.73 Å². The summed E-state index contributed by atoms with van der Waals surface area (Å²) in [5.74, 6) is 0.828. The molecule has 1 saturated carbocycles. The minimum atomic E-state index is 0.687. The molecule has 1 nitrogen and oxygen atoms in total. The van der Waals surface area contributed by atoms with Crippen molar-refractivity contribution in [3.8, 4) is 0 Å². The average Bonchev–Trinajstić information content (AvgIpc) is 2.87. The van der Waals surface area contributed by atoms with Gasteiger partial charge < -0.3 is 5.73 Å². The molecule has 1 fully saturated rings. The molecule has 0 aliphatic heterocycles. The van der Waals surface area contributed by atoms with E-state index in [-0.39, 0.29) is 0 Å². The maximum absolute atomic E-state index is 5.62. The van der Waals surface area contributed by atoms with Crippen LogP contribution in [0.4, 0.5) is 0 Å². The van der Waals surface area contributed by atoms with E-state index in [0.29, 0.717) is 6.54 Å². The first-order valence-electron chi connectivity index (χ1n) is 4.19. The summed E-state index contributed by atoms with van der Waals surface area (Å²) in [5.41, 5.74) is 8.43. The molecule has 0 aromatic heterocycles. The van der Waals surface area contributed by atoms with Crippen molar-refractivity contribution >= 4 is 0 Å². The first-order valence-corrected chi connectivity index (χ1v) is 4.19. The summed E-state index contributed by atoms with van der Waals surface area (Å²) in [6.07, 6.45) is 2.72. The molecule has 0 amide bonds. The van der Waals surface area contributed by atoms with E-state index in [2.05, 4.69) is 24.3 Å². The number of nitrogens with two attached hydrogens (primary N) is 1. The van der Waals surface area contributed by atoms with Crippen LogP contribution in [-0.4, -0.2) is 0 Å². The summed E-state index contributed by atoms with van der Waals surface area (Å²) < 4.78 is 0. The van der Waals surface area contributed by atoms with Gasteiger partial charge >= 0.3 is 0 Å². The van der Waals surface area contributed by atoms with Crippen LogP contribution in [-0.2, 0) is 6.54 Å². The molecule has 0 unspecified atom stereocenters. The molecule has 1 heteroatoms. The monoisotopic (exact) mass is 147 g/mol. The van der Waals surface area contributed by atoms with Crippen molar-refractivity contribution in [1.82, 2.24) is 0 Å². The number of rotatable bonds is 2. The van der Waals surface area contributed by atoms with Crippen LogP contribution in [0.2, 0.25) is 0 Å². The van der Waals surface area contributed by atoms with Gasteiger partial charge in [-0.05, 0) is 29.9 Å². The SMILES string of the molecule is NCc1ccccc1C1CC1. The van der Waals surface area contributed by atoms with Crippen LogP contribution in [0.3, 0.4) is 0 Å². The maximum atomic E-state index is 5.62. The summed E-state index contributed by atoms with van der Waals surface area (Å²) in [5, 5.41) is 0. The lowest BCUT2D eigenvalue weighted by Crippen LogP contribution is -1.99. The second kappa shape index (κ2) is 2.67. The molecule has 11 heavy (non-hydrogen) atoms. The highest BCUT2D eigenvalue weighted by Crippen LogP contribution is 2.41. The first kappa shape index (κ1) is 6.86. The summed E-state index contributed by atoms with van der Waals surface area (Å²) >= 11 is 0. The van der Waals surface area contributed by atoms with Crippen LogP contribution in [0.25, 0.3) is 0 Å². The highest BCUT2D eigenvalue weighted by Gasteiger charge is 2.24. The Labute approximate surface area is 67.2 Å². The van der Waals surface area contributed by atoms with Gasteiger partial charge in [0, 0.05) is 6.54 Å². The van der Waals surface area contributed by atoms with Gasteiger partial charge in [0.05, 0.1) is 0 Å². The second-order valence-corrected chi connectivity index (χ2v) is 3.18. The largest absolute Gasteiger partial charge is 0.326 e. The van der Waals surface area contributed by atoms with E-state index in [1.807, 2.05) is 0 Å². The smallest absolute Gasteiger partial charge is 0.0180 e. The molecule has 1 aromatic rings. The molecule has 0 heterocycles. The fourth-order valence-corrected chi connectivity index (χ4v) is 1.51. The van der Waals surface area contributed by atoms with E-state index in [1.165, 1.54) is 24.0 Å². The molecule has 1 aliphatic rings. The Hall–Kier alpha value is -0.820. The third-order valence-electron chi connectivity index (χ3n) is 2.29. The fourth-order valence-electron chi connectivity index (χ4n) is 1.51. The van der Waals surface area contributed by atoms with Crippen molar-refractivity contribution in [3.63, 3.8) is 0 Å². The van der Waals surface area contributed by atoms with Crippen LogP contribution < -0.4 is 5.73 Å². The van der Waals surface area contributed by atoms with Crippen LogP contribution in [0.1, 0.15) is 29.9 Å². The normalized spacial score (nSPS) is 16.8. The van der Waals surface area contributed by atoms with Gasteiger partial charge in [-0.2, -0.15) is 0 Å². The summed E-state index contributed by atoms with van der Waals surface area (Å²) in [7, 11) is 0. The Morgan fingerprint density at radius 1 is 1.27 bits per heavy atom. The summed E-state index contributed by atoms with van der Waals surface area (Å²) in [6, 6.07) is 8.51. The summed E-state index contributed by atoms with van der Waals surface area (Å²) in [4.78, 5) is 0. The maximum Gasteiger partial charge on any atom is 0.0180 e. The summed E-state index contributed by atoms with van der Waals surface area (Å²) in [6.45, 7) is 0.687. The Balaban J connectivity index is 2.34. The zero-order valence-corrected chi connectivity index (χ0v) is 6.59. The molecule has 0 spiro atoms. The van der Waals surface area contributed by atoms with Gasteiger partial charge in [0.15, 0.2) is 0 Å². The van der Waals surface area contributed by atoms with Gasteiger partial charge in [0.1, 0.15) is 0 Å².